The van der Waals surface area contributed by atoms with Gasteiger partial charge in [-0.25, -0.2) is 0 Å². The lowest BCUT2D eigenvalue weighted by molar-refractivity contribution is -0.141. The zero-order chi connectivity index (χ0) is 23.3. The predicted molar refractivity (Wildman–Crippen MR) is 116 cm³/mol. The van der Waals surface area contributed by atoms with E-state index in [-0.39, 0.29) is 24.5 Å². The molecule has 32 heavy (non-hydrogen) atoms. The molecule has 2 atom stereocenters. The van der Waals surface area contributed by atoms with Gasteiger partial charge in [-0.2, -0.15) is 13.2 Å². The topological polar surface area (TPSA) is 58.6 Å². The van der Waals surface area contributed by atoms with Gasteiger partial charge in [-0.3, -0.25) is 4.79 Å². The summed E-state index contributed by atoms with van der Waals surface area (Å²) in [6.07, 6.45) is -1.81. The number of alkyl halides is 3. The summed E-state index contributed by atoms with van der Waals surface area (Å²) in [7, 11) is 0. The Kier molecular flexibility index (Phi) is 7.82. The largest absolute Gasteiger partial charge is 0.489 e. The van der Waals surface area contributed by atoms with Crippen LogP contribution in [0.1, 0.15) is 55.4 Å². The van der Waals surface area contributed by atoms with Crippen LogP contribution in [0.2, 0.25) is 0 Å². The molecule has 2 aromatic carbocycles. The molecule has 1 fully saturated rings. The van der Waals surface area contributed by atoms with E-state index in [1.54, 1.807) is 24.3 Å². The van der Waals surface area contributed by atoms with Crippen molar-refractivity contribution in [2.24, 2.45) is 11.8 Å². The fraction of sp³-hybridized carbons (Fsp3) is 0.480. The van der Waals surface area contributed by atoms with Gasteiger partial charge in [0.05, 0.1) is 11.5 Å². The number of aliphatic carboxylic acids is 1. The highest BCUT2D eigenvalue weighted by molar-refractivity contribution is 5.70. The molecule has 0 radical (unpaired) electrons. The van der Waals surface area contributed by atoms with Crippen LogP contribution in [0.4, 0.5) is 13.2 Å². The first-order chi connectivity index (χ1) is 15.1. The summed E-state index contributed by atoms with van der Waals surface area (Å²) in [6.45, 7) is 4.48. The Bertz CT molecular complexity index is 910. The number of rotatable bonds is 9. The smallest absolute Gasteiger partial charge is 0.416 e. The molecular weight excluding hydrogens is 419 g/mol. The van der Waals surface area contributed by atoms with Crippen LogP contribution < -0.4 is 10.1 Å². The molecule has 0 spiro atoms. The second kappa shape index (κ2) is 10.4. The minimum absolute atomic E-state index is 0.0568. The fourth-order valence-electron chi connectivity index (χ4n) is 4.12. The van der Waals surface area contributed by atoms with Crippen molar-refractivity contribution in [1.29, 1.82) is 0 Å². The quantitative estimate of drug-likeness (QED) is 0.506. The van der Waals surface area contributed by atoms with Gasteiger partial charge in [0.1, 0.15) is 12.4 Å². The molecular formula is C25H30F3NO3. The third kappa shape index (κ3) is 6.73. The van der Waals surface area contributed by atoms with E-state index in [0.717, 1.165) is 12.0 Å². The number of carboxylic acids is 1. The van der Waals surface area contributed by atoms with Crippen LogP contribution in [0.25, 0.3) is 0 Å². The van der Waals surface area contributed by atoms with Crippen molar-refractivity contribution in [2.45, 2.75) is 64.9 Å². The molecule has 3 rings (SSSR count). The SMILES string of the molecule is CC(C)Cc1ccc(COc2ccc(CNC3CCC(C(=O)O)C3)cc2)cc1C(F)(F)F. The van der Waals surface area contributed by atoms with E-state index >= 15 is 0 Å². The molecule has 7 heteroatoms. The number of carboxylic acid groups (broad SMARTS) is 1. The lowest BCUT2D eigenvalue weighted by Crippen LogP contribution is -2.26. The van der Waals surface area contributed by atoms with Crippen molar-refractivity contribution in [3.05, 3.63) is 64.7 Å². The van der Waals surface area contributed by atoms with E-state index < -0.39 is 17.7 Å². The number of halogens is 3. The number of hydrogen-bond donors (Lipinski definition) is 2. The lowest BCUT2D eigenvalue weighted by Gasteiger charge is -2.16. The first-order valence-electron chi connectivity index (χ1n) is 11.0. The summed E-state index contributed by atoms with van der Waals surface area (Å²) >= 11 is 0. The van der Waals surface area contributed by atoms with Crippen molar-refractivity contribution in [2.75, 3.05) is 0 Å². The van der Waals surface area contributed by atoms with Crippen LogP contribution in [-0.4, -0.2) is 17.1 Å². The molecule has 174 valence electrons. The number of hydrogen-bond acceptors (Lipinski definition) is 3. The average Bonchev–Trinajstić information content (AvgIpc) is 3.20. The molecule has 0 amide bonds. The maximum absolute atomic E-state index is 13.5. The van der Waals surface area contributed by atoms with Crippen molar-refractivity contribution >= 4 is 5.97 Å². The van der Waals surface area contributed by atoms with Gasteiger partial charge in [0.15, 0.2) is 0 Å². The van der Waals surface area contributed by atoms with Crippen LogP contribution in [0.15, 0.2) is 42.5 Å². The maximum Gasteiger partial charge on any atom is 0.416 e. The second-order valence-corrected chi connectivity index (χ2v) is 8.95. The van der Waals surface area contributed by atoms with E-state index in [9.17, 15) is 18.0 Å². The van der Waals surface area contributed by atoms with Gasteiger partial charge >= 0.3 is 12.1 Å². The van der Waals surface area contributed by atoms with Crippen molar-refractivity contribution < 1.29 is 27.8 Å². The molecule has 1 aliphatic carbocycles. The number of ether oxygens (including phenoxy) is 1. The minimum Gasteiger partial charge on any atom is -0.489 e. The van der Waals surface area contributed by atoms with Crippen molar-refractivity contribution in [1.82, 2.24) is 5.32 Å². The fourth-order valence-corrected chi connectivity index (χ4v) is 4.12. The zero-order valence-electron chi connectivity index (χ0n) is 18.4. The molecule has 0 aliphatic heterocycles. The number of benzene rings is 2. The summed E-state index contributed by atoms with van der Waals surface area (Å²) in [5.74, 6) is -0.271. The Labute approximate surface area is 186 Å². The summed E-state index contributed by atoms with van der Waals surface area (Å²) in [4.78, 5) is 11.1. The predicted octanol–water partition coefficient (Wildman–Crippen LogP) is 5.83. The summed E-state index contributed by atoms with van der Waals surface area (Å²) in [5.41, 5.74) is 1.23. The molecule has 1 aliphatic rings. The molecule has 0 saturated heterocycles. The van der Waals surface area contributed by atoms with Gasteiger partial charge < -0.3 is 15.2 Å². The molecule has 0 bridgehead atoms. The van der Waals surface area contributed by atoms with Gasteiger partial charge in [0.25, 0.3) is 0 Å². The van der Waals surface area contributed by atoms with Crippen molar-refractivity contribution in [3.8, 4) is 5.75 Å². The van der Waals surface area contributed by atoms with Crippen LogP contribution in [0, 0.1) is 11.8 Å². The molecule has 4 nitrogen and oxygen atoms in total. The van der Waals surface area contributed by atoms with E-state index in [0.29, 0.717) is 42.7 Å². The molecule has 1 saturated carbocycles. The molecule has 2 unspecified atom stereocenters. The highest BCUT2D eigenvalue weighted by Crippen LogP contribution is 2.34. The van der Waals surface area contributed by atoms with Crippen LogP contribution in [0.3, 0.4) is 0 Å². The van der Waals surface area contributed by atoms with E-state index in [4.69, 9.17) is 9.84 Å². The third-order valence-corrected chi connectivity index (χ3v) is 5.81. The van der Waals surface area contributed by atoms with E-state index in [1.807, 2.05) is 26.0 Å². The Hall–Kier alpha value is -2.54. The molecule has 0 aromatic heterocycles. The zero-order valence-corrected chi connectivity index (χ0v) is 18.4. The van der Waals surface area contributed by atoms with Crippen LogP contribution in [-0.2, 0) is 30.5 Å². The highest BCUT2D eigenvalue weighted by atomic mass is 19.4. The standard InChI is InChI=1S/C25H30F3NO3/c1-16(2)11-19-6-3-18(12-23(19)25(26,27)28)15-32-22-9-4-17(5-10-22)14-29-21-8-7-20(13-21)24(30)31/h3-6,9-10,12,16,20-21,29H,7-8,11,13-15H2,1-2H3,(H,30,31). The van der Waals surface area contributed by atoms with Crippen LogP contribution >= 0.6 is 0 Å². The lowest BCUT2D eigenvalue weighted by atomic mass is 9.96. The monoisotopic (exact) mass is 449 g/mol. The Morgan fingerprint density at radius 1 is 1.12 bits per heavy atom. The number of nitrogens with one attached hydrogen (secondary N) is 1. The third-order valence-electron chi connectivity index (χ3n) is 5.81. The van der Waals surface area contributed by atoms with Gasteiger partial charge in [-0.05, 0) is 66.5 Å². The second-order valence-electron chi connectivity index (χ2n) is 8.95. The van der Waals surface area contributed by atoms with Gasteiger partial charge in [0, 0.05) is 12.6 Å². The highest BCUT2D eigenvalue weighted by Gasteiger charge is 2.33. The summed E-state index contributed by atoms with van der Waals surface area (Å²) < 4.78 is 46.1. The average molecular weight is 450 g/mol. The first kappa shape index (κ1) is 24.1. The Morgan fingerprint density at radius 3 is 2.41 bits per heavy atom. The van der Waals surface area contributed by atoms with E-state index in [2.05, 4.69) is 5.32 Å². The minimum atomic E-state index is -4.39. The number of carbonyl (C=O) groups is 1. The first-order valence-corrected chi connectivity index (χ1v) is 11.0. The Morgan fingerprint density at radius 2 is 1.81 bits per heavy atom. The van der Waals surface area contributed by atoms with Crippen molar-refractivity contribution in [3.63, 3.8) is 0 Å². The van der Waals surface area contributed by atoms with E-state index in [1.165, 1.54) is 6.07 Å². The summed E-state index contributed by atoms with van der Waals surface area (Å²) in [5, 5.41) is 12.5. The molecule has 2 N–H and O–H groups in total. The van der Waals surface area contributed by atoms with Gasteiger partial charge in [-0.15, -0.1) is 0 Å². The van der Waals surface area contributed by atoms with Gasteiger partial charge in [0.2, 0.25) is 0 Å². The summed E-state index contributed by atoms with van der Waals surface area (Å²) in [6, 6.07) is 12.0. The Balaban J connectivity index is 1.54. The molecule has 2 aromatic rings. The molecule has 0 heterocycles. The van der Waals surface area contributed by atoms with Gasteiger partial charge in [-0.1, -0.05) is 38.1 Å². The van der Waals surface area contributed by atoms with Crippen LogP contribution in [0.5, 0.6) is 5.75 Å². The normalized spacial score (nSPS) is 18.8. The maximum atomic E-state index is 13.5.